The van der Waals surface area contributed by atoms with Gasteiger partial charge in [0.05, 0.1) is 6.04 Å². The predicted octanol–water partition coefficient (Wildman–Crippen LogP) is 1.32. The molecule has 0 aromatic carbocycles. The molecule has 1 aromatic heterocycles. The molecule has 0 saturated heterocycles. The van der Waals surface area contributed by atoms with Crippen LogP contribution in [-0.2, 0) is 0 Å². The average molecular weight is 266 g/mol. The summed E-state index contributed by atoms with van der Waals surface area (Å²) in [5.74, 6) is 2.41. The van der Waals surface area contributed by atoms with Gasteiger partial charge in [0.25, 0.3) is 5.91 Å². The summed E-state index contributed by atoms with van der Waals surface area (Å²) in [6, 6.07) is -0.323. The van der Waals surface area contributed by atoms with Crippen LogP contribution in [0.4, 0.5) is 10.9 Å². The van der Waals surface area contributed by atoms with Crippen molar-refractivity contribution in [3.05, 3.63) is 4.88 Å². The van der Waals surface area contributed by atoms with E-state index >= 15 is 0 Å². The summed E-state index contributed by atoms with van der Waals surface area (Å²) in [7, 11) is 1.92. The Hall–Kier alpha value is -1.74. The zero-order valence-corrected chi connectivity index (χ0v) is 11.7. The van der Waals surface area contributed by atoms with Crippen molar-refractivity contribution < 1.29 is 4.79 Å². The molecule has 1 atom stereocenters. The van der Waals surface area contributed by atoms with Gasteiger partial charge in [-0.1, -0.05) is 24.2 Å². The lowest BCUT2D eigenvalue weighted by Gasteiger charge is -2.13. The number of nitrogen functional groups attached to an aromatic ring is 1. The molecule has 1 heterocycles. The first-order chi connectivity index (χ1) is 8.49. The topological polar surface area (TPSA) is 71.2 Å². The van der Waals surface area contributed by atoms with Crippen LogP contribution in [-0.4, -0.2) is 30.5 Å². The predicted molar refractivity (Wildman–Crippen MR) is 75.8 cm³/mol. The quantitative estimate of drug-likeness (QED) is 0.789. The van der Waals surface area contributed by atoms with E-state index < -0.39 is 0 Å². The number of carbonyl (C=O) groups is 1. The molecule has 3 N–H and O–H groups in total. The third kappa shape index (κ3) is 3.37. The fraction of sp³-hybridized carbons (Fsp3) is 0.500. The van der Waals surface area contributed by atoms with Gasteiger partial charge in [-0.05, 0) is 13.3 Å². The third-order valence-corrected chi connectivity index (χ3v) is 3.52. The highest BCUT2D eigenvalue weighted by Crippen LogP contribution is 2.27. The summed E-state index contributed by atoms with van der Waals surface area (Å²) in [5.41, 5.74) is 5.75. The van der Waals surface area contributed by atoms with Gasteiger partial charge in [-0.25, -0.2) is 4.98 Å². The lowest BCUT2D eigenvalue weighted by atomic mass is 10.3. The smallest absolute Gasteiger partial charge is 0.266 e. The fourth-order valence-corrected chi connectivity index (χ4v) is 2.26. The van der Waals surface area contributed by atoms with Gasteiger partial charge in [0.2, 0.25) is 0 Å². The largest absolute Gasteiger partial charge is 0.382 e. The van der Waals surface area contributed by atoms with Crippen molar-refractivity contribution in [3.63, 3.8) is 0 Å². The molecule has 0 fully saturated rings. The van der Waals surface area contributed by atoms with E-state index in [-0.39, 0.29) is 17.8 Å². The Bertz CT molecular complexity index is 463. The number of terminal acetylenes is 1. The van der Waals surface area contributed by atoms with E-state index in [2.05, 4.69) is 23.1 Å². The summed E-state index contributed by atoms with van der Waals surface area (Å²) in [5, 5.41) is 3.41. The van der Waals surface area contributed by atoms with Gasteiger partial charge in [-0.3, -0.25) is 4.79 Å². The molecular formula is C12H18N4OS. The number of nitrogens with one attached hydrogen (secondary N) is 1. The van der Waals surface area contributed by atoms with Crippen LogP contribution in [0.15, 0.2) is 0 Å². The molecule has 0 spiro atoms. The monoisotopic (exact) mass is 266 g/mol. The molecule has 1 unspecified atom stereocenters. The second kappa shape index (κ2) is 6.26. The first kappa shape index (κ1) is 14.3. The van der Waals surface area contributed by atoms with Crippen LogP contribution in [0.5, 0.6) is 0 Å². The Morgan fingerprint density at radius 3 is 2.94 bits per heavy atom. The van der Waals surface area contributed by atoms with Gasteiger partial charge in [0, 0.05) is 13.6 Å². The number of aromatic nitrogens is 1. The van der Waals surface area contributed by atoms with Crippen molar-refractivity contribution in [3.8, 4) is 12.3 Å². The molecule has 1 amide bonds. The fourth-order valence-electron chi connectivity index (χ4n) is 1.38. The molecule has 0 bridgehead atoms. The summed E-state index contributed by atoms with van der Waals surface area (Å²) in [4.78, 5) is 18.5. The minimum Gasteiger partial charge on any atom is -0.382 e. The molecule has 0 aliphatic heterocycles. The van der Waals surface area contributed by atoms with E-state index in [1.807, 2.05) is 11.9 Å². The highest BCUT2D eigenvalue weighted by atomic mass is 32.1. The number of nitrogens with two attached hydrogens (primary N) is 1. The Kier molecular flexibility index (Phi) is 4.98. The van der Waals surface area contributed by atoms with Crippen LogP contribution in [0.3, 0.4) is 0 Å². The minimum atomic E-state index is -0.323. The molecule has 18 heavy (non-hydrogen) atoms. The summed E-state index contributed by atoms with van der Waals surface area (Å²) in [6.45, 7) is 4.68. The first-order valence-corrected chi connectivity index (χ1v) is 6.55. The molecule has 5 nitrogen and oxygen atoms in total. The van der Waals surface area contributed by atoms with Crippen molar-refractivity contribution in [2.45, 2.75) is 26.3 Å². The van der Waals surface area contributed by atoms with E-state index in [1.54, 1.807) is 6.92 Å². The Morgan fingerprint density at radius 2 is 2.39 bits per heavy atom. The highest BCUT2D eigenvalue weighted by molar-refractivity contribution is 7.18. The number of amides is 1. The number of rotatable bonds is 5. The van der Waals surface area contributed by atoms with Gasteiger partial charge in [0.15, 0.2) is 5.13 Å². The number of carbonyl (C=O) groups excluding carboxylic acids is 1. The van der Waals surface area contributed by atoms with Crippen molar-refractivity contribution in [1.29, 1.82) is 0 Å². The summed E-state index contributed by atoms with van der Waals surface area (Å²) in [6.07, 6.45) is 6.22. The van der Waals surface area contributed by atoms with Gasteiger partial charge in [0.1, 0.15) is 10.7 Å². The third-order valence-electron chi connectivity index (χ3n) is 2.33. The maximum Gasteiger partial charge on any atom is 0.266 e. The van der Waals surface area contributed by atoms with Crippen LogP contribution in [0.2, 0.25) is 0 Å². The zero-order valence-electron chi connectivity index (χ0n) is 10.9. The lowest BCUT2D eigenvalue weighted by molar-refractivity contribution is 0.0953. The van der Waals surface area contributed by atoms with E-state index in [4.69, 9.17) is 12.2 Å². The summed E-state index contributed by atoms with van der Waals surface area (Å²) >= 11 is 1.28. The minimum absolute atomic E-state index is 0.250. The van der Waals surface area contributed by atoms with E-state index in [0.717, 1.165) is 18.1 Å². The van der Waals surface area contributed by atoms with E-state index in [0.29, 0.717) is 4.88 Å². The van der Waals surface area contributed by atoms with Crippen molar-refractivity contribution in [2.75, 3.05) is 24.2 Å². The number of anilines is 2. The van der Waals surface area contributed by atoms with Gasteiger partial charge >= 0.3 is 0 Å². The molecule has 98 valence electrons. The van der Waals surface area contributed by atoms with Crippen LogP contribution in [0.1, 0.15) is 29.9 Å². The second-order valence-electron chi connectivity index (χ2n) is 3.99. The Morgan fingerprint density at radius 1 is 1.72 bits per heavy atom. The van der Waals surface area contributed by atoms with Gasteiger partial charge in [-0.15, -0.1) is 6.42 Å². The van der Waals surface area contributed by atoms with Crippen molar-refractivity contribution >= 4 is 28.2 Å². The van der Waals surface area contributed by atoms with Crippen LogP contribution in [0.25, 0.3) is 0 Å². The molecule has 0 saturated carbocycles. The normalized spacial score (nSPS) is 11.7. The highest BCUT2D eigenvalue weighted by Gasteiger charge is 2.18. The van der Waals surface area contributed by atoms with Crippen LogP contribution < -0.4 is 16.0 Å². The number of nitrogens with zero attached hydrogens (tertiary/aromatic N) is 2. The molecule has 0 radical (unpaired) electrons. The maximum atomic E-state index is 11.9. The standard InChI is InChI=1S/C12H18N4OS/c1-5-7-16(4)12-15-10(13)9(18-12)11(17)14-8(3)6-2/h2,8H,5,7,13H2,1,3-4H3,(H,14,17). The van der Waals surface area contributed by atoms with Crippen LogP contribution >= 0.6 is 11.3 Å². The number of hydrogen-bond donors (Lipinski definition) is 2. The molecule has 1 aromatic rings. The molecule has 0 aliphatic rings. The number of hydrogen-bond acceptors (Lipinski definition) is 5. The van der Waals surface area contributed by atoms with Gasteiger partial charge < -0.3 is 16.0 Å². The second-order valence-corrected chi connectivity index (χ2v) is 4.97. The zero-order chi connectivity index (χ0) is 13.7. The molecular weight excluding hydrogens is 248 g/mol. The molecule has 1 rings (SSSR count). The Balaban J connectivity index is 2.85. The van der Waals surface area contributed by atoms with Crippen LogP contribution in [0, 0.1) is 12.3 Å². The maximum absolute atomic E-state index is 11.9. The molecule has 0 aliphatic carbocycles. The van der Waals surface area contributed by atoms with Gasteiger partial charge in [-0.2, -0.15) is 0 Å². The van der Waals surface area contributed by atoms with Crippen molar-refractivity contribution in [1.82, 2.24) is 10.3 Å². The lowest BCUT2D eigenvalue weighted by Crippen LogP contribution is -2.31. The van der Waals surface area contributed by atoms with E-state index in [1.165, 1.54) is 11.3 Å². The summed E-state index contributed by atoms with van der Waals surface area (Å²) < 4.78 is 0. The first-order valence-electron chi connectivity index (χ1n) is 5.74. The van der Waals surface area contributed by atoms with E-state index in [9.17, 15) is 4.79 Å². The molecule has 6 heteroatoms. The average Bonchev–Trinajstić information content (AvgIpc) is 2.71. The Labute approximate surface area is 111 Å². The number of thiazole rings is 1. The SMILES string of the molecule is C#CC(C)NC(=O)c1sc(N(C)CCC)nc1N. The van der Waals surface area contributed by atoms with Crippen molar-refractivity contribution in [2.24, 2.45) is 0 Å².